The number of morpholine rings is 1. The highest BCUT2D eigenvalue weighted by Crippen LogP contribution is 2.34. The van der Waals surface area contributed by atoms with Crippen LogP contribution in [0.25, 0.3) is 22.2 Å². The zero-order chi connectivity index (χ0) is 21.3. The van der Waals surface area contributed by atoms with Gasteiger partial charge < -0.3 is 14.4 Å². The molecule has 30 heavy (non-hydrogen) atoms. The number of hydrogen-bond acceptors (Lipinski definition) is 4. The summed E-state index contributed by atoms with van der Waals surface area (Å²) in [5, 5.41) is 5.39. The van der Waals surface area contributed by atoms with Gasteiger partial charge in [0.2, 0.25) is 0 Å². The van der Waals surface area contributed by atoms with E-state index in [0.717, 1.165) is 0 Å². The predicted octanol–water partition coefficient (Wildman–Crippen LogP) is 4.10. The van der Waals surface area contributed by atoms with E-state index in [9.17, 15) is 13.6 Å². The number of carbonyl (C=O) groups is 1. The molecular formula is C21H20ClF2N3O3. The van der Waals surface area contributed by atoms with Gasteiger partial charge in [-0.05, 0) is 36.4 Å². The van der Waals surface area contributed by atoms with Crippen LogP contribution in [0.1, 0.15) is 10.4 Å². The van der Waals surface area contributed by atoms with Crippen molar-refractivity contribution in [3.05, 3.63) is 47.0 Å². The van der Waals surface area contributed by atoms with Gasteiger partial charge in [-0.1, -0.05) is 11.6 Å². The first-order chi connectivity index (χ1) is 14.5. The molecule has 0 spiro atoms. The van der Waals surface area contributed by atoms with Gasteiger partial charge >= 0.3 is 0 Å². The molecule has 6 nitrogen and oxygen atoms in total. The Morgan fingerprint density at radius 2 is 2.00 bits per heavy atom. The third-order valence-electron chi connectivity index (χ3n) is 5.03. The summed E-state index contributed by atoms with van der Waals surface area (Å²) in [5.41, 5.74) is 2.12. The lowest BCUT2D eigenvalue weighted by Gasteiger charge is -2.26. The van der Waals surface area contributed by atoms with E-state index in [4.69, 9.17) is 21.1 Å². The number of rotatable bonds is 5. The highest BCUT2D eigenvalue weighted by Gasteiger charge is 2.22. The lowest BCUT2D eigenvalue weighted by Crippen LogP contribution is -2.40. The van der Waals surface area contributed by atoms with Crippen molar-refractivity contribution in [2.24, 2.45) is 0 Å². The summed E-state index contributed by atoms with van der Waals surface area (Å²) >= 11 is 6.25. The van der Waals surface area contributed by atoms with E-state index in [1.807, 2.05) is 0 Å². The molecule has 1 aromatic heterocycles. The quantitative estimate of drug-likeness (QED) is 0.605. The Hall–Kier alpha value is -2.71. The zero-order valence-corrected chi connectivity index (χ0v) is 17.0. The molecule has 0 atom stereocenters. The van der Waals surface area contributed by atoms with Crippen molar-refractivity contribution in [1.29, 1.82) is 0 Å². The number of ether oxygens (including phenoxy) is 2. The van der Waals surface area contributed by atoms with Crippen molar-refractivity contribution in [2.75, 3.05) is 33.4 Å². The summed E-state index contributed by atoms with van der Waals surface area (Å²) in [5.74, 6) is 0.375. The molecule has 1 fully saturated rings. The Morgan fingerprint density at radius 3 is 2.67 bits per heavy atom. The van der Waals surface area contributed by atoms with Gasteiger partial charge in [0.05, 0.1) is 30.9 Å². The highest BCUT2D eigenvalue weighted by molar-refractivity contribution is 6.32. The molecule has 0 bridgehead atoms. The second-order valence-corrected chi connectivity index (χ2v) is 7.31. The minimum absolute atomic E-state index is 0.125. The highest BCUT2D eigenvalue weighted by atomic mass is 35.5. The van der Waals surface area contributed by atoms with Gasteiger partial charge in [0.15, 0.2) is 0 Å². The molecule has 3 aromatic rings. The summed E-state index contributed by atoms with van der Waals surface area (Å²) in [6, 6.07) is 10.1. The fourth-order valence-corrected chi connectivity index (χ4v) is 3.82. The van der Waals surface area contributed by atoms with Gasteiger partial charge in [-0.2, -0.15) is 5.10 Å². The smallest absolute Gasteiger partial charge is 0.257 e. The number of aromatic nitrogens is 2. The predicted molar refractivity (Wildman–Crippen MR) is 109 cm³/mol. The molecule has 1 aliphatic rings. The second-order valence-electron chi connectivity index (χ2n) is 6.91. The van der Waals surface area contributed by atoms with Crippen LogP contribution in [-0.2, 0) is 11.3 Å². The van der Waals surface area contributed by atoms with Gasteiger partial charge in [-0.3, -0.25) is 9.48 Å². The van der Waals surface area contributed by atoms with Crippen molar-refractivity contribution in [1.82, 2.24) is 14.7 Å². The normalized spacial score (nSPS) is 14.5. The molecule has 0 N–H and O–H groups in total. The number of methoxy groups -OCH3 is 1. The van der Waals surface area contributed by atoms with Gasteiger partial charge in [0.25, 0.3) is 12.3 Å². The van der Waals surface area contributed by atoms with Crippen LogP contribution in [0.4, 0.5) is 8.78 Å². The van der Waals surface area contributed by atoms with Crippen LogP contribution in [0.2, 0.25) is 5.02 Å². The monoisotopic (exact) mass is 435 g/mol. The van der Waals surface area contributed by atoms with Crippen molar-refractivity contribution in [3.8, 4) is 17.0 Å². The SMILES string of the molecule is COc1ccc(-c2nn(CC(F)F)c3ccc(C(=O)N4CCOCC4)cc23)cc1Cl. The first kappa shape index (κ1) is 20.6. The summed E-state index contributed by atoms with van der Waals surface area (Å²) in [6.07, 6.45) is -2.56. The second kappa shape index (κ2) is 8.57. The molecule has 1 amide bonds. The number of benzene rings is 2. The van der Waals surface area contributed by atoms with Crippen LogP contribution in [0, 0.1) is 0 Å². The maximum Gasteiger partial charge on any atom is 0.257 e. The van der Waals surface area contributed by atoms with E-state index in [2.05, 4.69) is 5.10 Å². The molecule has 2 aromatic carbocycles. The Kier molecular flexibility index (Phi) is 5.87. The third-order valence-corrected chi connectivity index (χ3v) is 5.33. The van der Waals surface area contributed by atoms with Gasteiger partial charge in [0, 0.05) is 29.6 Å². The van der Waals surface area contributed by atoms with Gasteiger partial charge in [-0.25, -0.2) is 8.78 Å². The summed E-state index contributed by atoms with van der Waals surface area (Å²) < 4.78 is 37.9. The fraction of sp³-hybridized carbons (Fsp3) is 0.333. The maximum atomic E-state index is 13.1. The number of hydrogen-bond donors (Lipinski definition) is 0. The zero-order valence-electron chi connectivity index (χ0n) is 16.3. The maximum absolute atomic E-state index is 13.1. The van der Waals surface area contributed by atoms with Crippen LogP contribution in [0.5, 0.6) is 5.75 Å². The van der Waals surface area contributed by atoms with Gasteiger partial charge in [-0.15, -0.1) is 0 Å². The van der Waals surface area contributed by atoms with Crippen LogP contribution in [0.3, 0.4) is 0 Å². The number of nitrogens with zero attached hydrogens (tertiary/aromatic N) is 3. The van der Waals surface area contributed by atoms with E-state index in [-0.39, 0.29) is 5.91 Å². The van der Waals surface area contributed by atoms with E-state index < -0.39 is 13.0 Å². The Balaban J connectivity index is 1.81. The largest absolute Gasteiger partial charge is 0.495 e. The van der Waals surface area contributed by atoms with Crippen LogP contribution >= 0.6 is 11.6 Å². The average molecular weight is 436 g/mol. The standard InChI is InChI=1S/C21H20ClF2N3O3/c1-29-18-5-3-13(11-16(18)22)20-15-10-14(21(28)26-6-8-30-9-7-26)2-4-17(15)27(25-20)12-19(23)24/h2-5,10-11,19H,6-9,12H2,1H3. The topological polar surface area (TPSA) is 56.6 Å². The van der Waals surface area contributed by atoms with Crippen molar-refractivity contribution in [3.63, 3.8) is 0 Å². The minimum atomic E-state index is -2.56. The summed E-state index contributed by atoms with van der Waals surface area (Å²) in [6.45, 7) is 1.48. The molecule has 4 rings (SSSR count). The number of alkyl halides is 2. The van der Waals surface area contributed by atoms with Crippen LogP contribution in [0.15, 0.2) is 36.4 Å². The van der Waals surface area contributed by atoms with Crippen molar-refractivity contribution < 1.29 is 23.0 Å². The lowest BCUT2D eigenvalue weighted by molar-refractivity contribution is 0.0303. The molecule has 9 heteroatoms. The Labute approximate surface area is 176 Å². The molecule has 0 aliphatic carbocycles. The first-order valence-corrected chi connectivity index (χ1v) is 9.85. The Bertz CT molecular complexity index is 1080. The average Bonchev–Trinajstić information content (AvgIpc) is 3.10. The third kappa shape index (κ3) is 3.97. The number of carbonyl (C=O) groups excluding carboxylic acids is 1. The first-order valence-electron chi connectivity index (χ1n) is 9.47. The van der Waals surface area contributed by atoms with Crippen molar-refractivity contribution >= 4 is 28.4 Å². The molecule has 0 unspecified atom stereocenters. The molecule has 1 aliphatic heterocycles. The number of fused-ring (bicyclic) bond motifs is 1. The Morgan fingerprint density at radius 1 is 1.23 bits per heavy atom. The van der Waals surface area contributed by atoms with Crippen LogP contribution in [-0.4, -0.2) is 60.4 Å². The molecule has 1 saturated heterocycles. The van der Waals surface area contributed by atoms with E-state index in [1.165, 1.54) is 11.8 Å². The molecule has 0 saturated carbocycles. The number of amides is 1. The van der Waals surface area contributed by atoms with Crippen molar-refractivity contribution in [2.45, 2.75) is 13.0 Å². The molecule has 2 heterocycles. The molecule has 0 radical (unpaired) electrons. The van der Waals surface area contributed by atoms with E-state index in [1.54, 1.807) is 41.3 Å². The minimum Gasteiger partial charge on any atom is -0.495 e. The molecular weight excluding hydrogens is 416 g/mol. The van der Waals surface area contributed by atoms with E-state index >= 15 is 0 Å². The lowest BCUT2D eigenvalue weighted by atomic mass is 10.0. The van der Waals surface area contributed by atoms with Crippen LogP contribution < -0.4 is 4.74 Å². The van der Waals surface area contributed by atoms with Gasteiger partial charge in [0.1, 0.15) is 18.0 Å². The molecule has 158 valence electrons. The number of halogens is 3. The fourth-order valence-electron chi connectivity index (χ4n) is 3.56. The van der Waals surface area contributed by atoms with E-state index in [0.29, 0.717) is 64.8 Å². The summed E-state index contributed by atoms with van der Waals surface area (Å²) in [7, 11) is 1.51. The summed E-state index contributed by atoms with van der Waals surface area (Å²) in [4.78, 5) is 14.6.